The summed E-state index contributed by atoms with van der Waals surface area (Å²) >= 11 is 5.06. The van der Waals surface area contributed by atoms with Crippen molar-refractivity contribution >= 4 is 36.1 Å². The smallest absolute Gasteiger partial charge is 0.0512 e. The van der Waals surface area contributed by atoms with Crippen LogP contribution in [0.15, 0.2) is 71.8 Å². The molecule has 3 aliphatic carbocycles. The molecule has 0 aliphatic heterocycles. The van der Waals surface area contributed by atoms with Crippen LogP contribution < -0.4 is 0 Å². The van der Waals surface area contributed by atoms with Gasteiger partial charge in [0, 0.05) is 0 Å². The minimum absolute atomic E-state index is 0.170. The summed E-state index contributed by atoms with van der Waals surface area (Å²) in [7, 11) is 0. The van der Waals surface area contributed by atoms with E-state index in [4.69, 9.17) is 0 Å². The van der Waals surface area contributed by atoms with E-state index in [0.29, 0.717) is 0 Å². The van der Waals surface area contributed by atoms with Crippen LogP contribution in [0.4, 0.5) is 0 Å². The van der Waals surface area contributed by atoms with Crippen LogP contribution in [0.1, 0.15) is 56.1 Å². The first kappa shape index (κ1) is 22.8. The average molecular weight is 650 g/mol. The Labute approximate surface area is 189 Å². The topological polar surface area (TPSA) is 0 Å². The van der Waals surface area contributed by atoms with Crippen molar-refractivity contribution in [1.82, 2.24) is 0 Å². The summed E-state index contributed by atoms with van der Waals surface area (Å²) in [5, 5.41) is 0. The van der Waals surface area contributed by atoms with Crippen LogP contribution in [0.3, 0.4) is 0 Å². The molecule has 0 aromatic heterocycles. The number of aryl methyl sites for hydroxylation is 2. The molecule has 0 nitrogen and oxygen atoms in total. The van der Waals surface area contributed by atoms with Gasteiger partial charge >= 0.3 is 50.9 Å². The second-order valence-electron chi connectivity index (χ2n) is 6.76. The first-order valence-corrected chi connectivity index (χ1v) is 24.2. The van der Waals surface area contributed by atoms with Crippen molar-refractivity contribution < 1.29 is 14.9 Å². The van der Waals surface area contributed by atoms with Crippen LogP contribution in [0.5, 0.6) is 0 Å². The van der Waals surface area contributed by atoms with Gasteiger partial charge in [0.15, 0.2) is 0 Å². The van der Waals surface area contributed by atoms with E-state index < -0.39 is 0 Å². The minimum Gasteiger partial charge on any atom is -0.214 e. The molecule has 0 N–H and O–H groups in total. The van der Waals surface area contributed by atoms with Crippen LogP contribution >= 0.6 is 36.1 Å². The van der Waals surface area contributed by atoms with Gasteiger partial charge in [0.05, 0.1) is 0 Å². The Hall–Kier alpha value is 0.523. The molecule has 3 heteroatoms. The summed E-state index contributed by atoms with van der Waals surface area (Å²) in [4.78, 5) is 0. The van der Waals surface area contributed by atoms with E-state index in [9.17, 15) is 0 Å². The maximum absolute atomic E-state index is 2.45. The second kappa shape index (κ2) is 14.5. The number of fused-ring (bicyclic) bond motifs is 1. The van der Waals surface area contributed by atoms with E-state index in [1.165, 1.54) is 57.8 Å². The van der Waals surface area contributed by atoms with E-state index in [2.05, 4.69) is 66.4 Å². The summed E-state index contributed by atoms with van der Waals surface area (Å²) in [6, 6.07) is 16.7. The summed E-state index contributed by atoms with van der Waals surface area (Å²) in [6.45, 7) is 0. The summed E-state index contributed by atoms with van der Waals surface area (Å²) in [6.07, 6.45) is 16.9. The number of hydrogen-bond acceptors (Lipinski definition) is 0. The fourth-order valence-electron chi connectivity index (χ4n) is 3.70. The van der Waals surface area contributed by atoms with Gasteiger partial charge in [-0.05, 0) is 37.7 Å². The molecule has 0 saturated heterocycles. The van der Waals surface area contributed by atoms with Gasteiger partial charge in [0.25, 0.3) is 0 Å². The van der Waals surface area contributed by atoms with Crippen LogP contribution in [-0.4, -0.2) is 0 Å². The molecule has 0 unspecified atom stereocenters. The van der Waals surface area contributed by atoms with Crippen LogP contribution in [0.2, 0.25) is 0 Å². The van der Waals surface area contributed by atoms with Gasteiger partial charge in [-0.15, -0.1) is 0 Å². The summed E-state index contributed by atoms with van der Waals surface area (Å²) in [5.74, 6) is 0. The first-order valence-electron chi connectivity index (χ1n) is 9.59. The zero-order chi connectivity index (χ0) is 18.5. The molecule has 0 amide bonds. The Balaban J connectivity index is 0.000000135. The normalized spacial score (nSPS) is 16.5. The molecule has 5 rings (SSSR count). The largest absolute Gasteiger partial charge is 0.214 e. The Morgan fingerprint density at radius 2 is 1.54 bits per heavy atom. The van der Waals surface area contributed by atoms with Crippen molar-refractivity contribution in [2.45, 2.75) is 57.8 Å². The molecule has 2 aromatic carbocycles. The summed E-state index contributed by atoms with van der Waals surface area (Å²) < 4.78 is 0. The molecule has 0 atom stereocenters. The molecule has 0 bridgehead atoms. The van der Waals surface area contributed by atoms with Gasteiger partial charge in [-0.25, -0.2) is 18.2 Å². The third-order valence-corrected chi connectivity index (χ3v) is 5.02. The van der Waals surface area contributed by atoms with E-state index >= 15 is 0 Å². The molecule has 0 spiro atoms. The number of rotatable bonds is 0. The molecule has 2 aromatic rings. The van der Waals surface area contributed by atoms with Crippen LogP contribution in [-0.2, 0) is 27.7 Å². The summed E-state index contributed by atoms with van der Waals surface area (Å²) in [5.41, 5.74) is 6.57. The number of allylic oxidation sites excluding steroid dienone is 4. The number of hydrogen-bond donors (Lipinski definition) is 0. The van der Waals surface area contributed by atoms with Crippen molar-refractivity contribution in [3.8, 4) is 0 Å². The van der Waals surface area contributed by atoms with Crippen LogP contribution in [0, 0.1) is 0 Å². The molecule has 0 fully saturated rings. The average Bonchev–Trinajstić information content (AvgIpc) is 3.46. The van der Waals surface area contributed by atoms with Crippen molar-refractivity contribution in [1.29, 1.82) is 0 Å². The zero-order valence-electron chi connectivity index (χ0n) is 15.4. The fraction of sp³-hybridized carbons (Fsp3) is 0.391. The van der Waals surface area contributed by atoms with E-state index in [1.807, 2.05) is 30.3 Å². The maximum atomic E-state index is 2.45. The monoisotopic (exact) mass is 648 g/mol. The SMILES string of the molecule is C1=CC2=C(C1)CCCC2.[I][Zr+2][I].c1cc2c([cH-]1)CCCC2.c1cc[cH-]c1. The molecule has 0 saturated carbocycles. The molecular formula is C23H28I2Zr. The Bertz CT molecular complexity index is 612. The Morgan fingerprint density at radius 3 is 2.19 bits per heavy atom. The third-order valence-electron chi connectivity index (χ3n) is 5.02. The van der Waals surface area contributed by atoms with E-state index in [1.54, 1.807) is 22.3 Å². The minimum atomic E-state index is 0.170. The van der Waals surface area contributed by atoms with Crippen molar-refractivity contribution in [3.63, 3.8) is 0 Å². The van der Waals surface area contributed by atoms with Crippen LogP contribution in [0.25, 0.3) is 0 Å². The molecule has 0 heterocycles. The van der Waals surface area contributed by atoms with Gasteiger partial charge in [0.1, 0.15) is 0 Å². The van der Waals surface area contributed by atoms with E-state index in [-0.39, 0.29) is 14.9 Å². The van der Waals surface area contributed by atoms with Gasteiger partial charge in [-0.1, -0.05) is 43.4 Å². The van der Waals surface area contributed by atoms with Gasteiger partial charge in [-0.2, -0.15) is 41.5 Å². The van der Waals surface area contributed by atoms with Crippen molar-refractivity contribution in [2.24, 2.45) is 0 Å². The van der Waals surface area contributed by atoms with Crippen molar-refractivity contribution in [2.75, 3.05) is 0 Å². The molecule has 26 heavy (non-hydrogen) atoms. The zero-order valence-corrected chi connectivity index (χ0v) is 22.2. The maximum Gasteiger partial charge on any atom is -0.0512 e. The Kier molecular flexibility index (Phi) is 12.7. The standard InChI is InChI=1S/C9H12.C9H11.C5H5.2HI.Zr/c2*1-2-5-9-7-3-6-8(9)4-1;1-2-4-5-3-1;;;/h3,6H,1-2,4-5,7H2;3,6-7H,1-2,4-5H2;1-5H;2*1H;/q;2*-1;;;+4/p-2. The van der Waals surface area contributed by atoms with Crippen molar-refractivity contribution in [3.05, 3.63) is 83.0 Å². The Morgan fingerprint density at radius 1 is 0.846 bits per heavy atom. The predicted octanol–water partition coefficient (Wildman–Crippen LogP) is 8.28. The van der Waals surface area contributed by atoms with Gasteiger partial charge < -0.3 is 0 Å². The molecule has 138 valence electrons. The predicted molar refractivity (Wildman–Crippen MR) is 128 cm³/mol. The second-order valence-corrected chi connectivity index (χ2v) is 25.7. The molecule has 3 aliphatic rings. The molecular weight excluding hydrogens is 621 g/mol. The van der Waals surface area contributed by atoms with Gasteiger partial charge in [0.2, 0.25) is 0 Å². The fourth-order valence-corrected chi connectivity index (χ4v) is 3.70. The van der Waals surface area contributed by atoms with Gasteiger partial charge in [-0.3, -0.25) is 0 Å². The third kappa shape index (κ3) is 8.69. The number of halogens is 2. The molecule has 0 radical (unpaired) electrons. The quantitative estimate of drug-likeness (QED) is 0.199. The first-order chi connectivity index (χ1) is 12.8. The van der Waals surface area contributed by atoms with E-state index in [0.717, 1.165) is 0 Å².